The number of carboxylic acid groups (broad SMARTS) is 1. The maximum atomic E-state index is 13.0. The summed E-state index contributed by atoms with van der Waals surface area (Å²) in [6.07, 6.45) is 17.1. The highest BCUT2D eigenvalue weighted by Gasteiger charge is 2.57. The number of hydrogen-bond donors (Lipinski definition) is 1. The summed E-state index contributed by atoms with van der Waals surface area (Å²) in [5, 5.41) is 9.32. The van der Waals surface area contributed by atoms with Crippen LogP contribution in [0.2, 0.25) is 0 Å². The summed E-state index contributed by atoms with van der Waals surface area (Å²) < 4.78 is 6.04. The molecule has 1 unspecified atom stereocenters. The second kappa shape index (κ2) is 15.7. The first-order valence-corrected chi connectivity index (χ1v) is 20.7. The Morgan fingerprint density at radius 1 is 1.04 bits per heavy atom. The van der Waals surface area contributed by atoms with E-state index in [2.05, 4.69) is 50.2 Å². The van der Waals surface area contributed by atoms with Gasteiger partial charge in [0.05, 0.1) is 6.42 Å². The van der Waals surface area contributed by atoms with Gasteiger partial charge in [-0.05, 0) is 102 Å². The van der Waals surface area contributed by atoms with Gasteiger partial charge >= 0.3 is 11.9 Å². The van der Waals surface area contributed by atoms with Crippen LogP contribution >= 0.6 is 21.6 Å². The normalized spacial score (nSPS) is 29.0. The molecular weight excluding hydrogens is 665 g/mol. The molecule has 268 valence electrons. The SMILES string of the molecule is Cc1cncc(C2=CC[C@H]3[C@@H]4CC=C5C[C@@H](OC(=O)CCSSC(C)CC(=O)N(CC(=O)O)Cc6ccccc6)CC[C@]5(C)[C@H]4CC[C@]23C)c1. The molecule has 1 aromatic heterocycles. The second-order valence-electron chi connectivity index (χ2n) is 15.5. The first-order chi connectivity index (χ1) is 24.0. The van der Waals surface area contributed by atoms with E-state index in [1.807, 2.05) is 43.5 Å². The Balaban J connectivity index is 0.950. The highest BCUT2D eigenvalue weighted by molar-refractivity contribution is 8.76. The van der Waals surface area contributed by atoms with E-state index < -0.39 is 5.97 Å². The molecule has 0 radical (unpaired) electrons. The Labute approximate surface area is 305 Å². The highest BCUT2D eigenvalue weighted by Crippen LogP contribution is 2.66. The van der Waals surface area contributed by atoms with Crippen LogP contribution in [-0.4, -0.2) is 56.5 Å². The number of carbonyl (C=O) groups excluding carboxylic acids is 2. The lowest BCUT2D eigenvalue weighted by atomic mass is 9.47. The van der Waals surface area contributed by atoms with Crippen molar-refractivity contribution in [2.75, 3.05) is 12.3 Å². The number of carbonyl (C=O) groups is 3. The molecule has 2 saturated carbocycles. The smallest absolute Gasteiger partial charge is 0.323 e. The summed E-state index contributed by atoms with van der Waals surface area (Å²) in [7, 11) is 3.13. The number of rotatable bonds is 13. The van der Waals surface area contributed by atoms with Gasteiger partial charge in [-0.15, -0.1) is 0 Å². The molecule has 1 aromatic carbocycles. The van der Waals surface area contributed by atoms with Gasteiger partial charge in [0.25, 0.3) is 0 Å². The van der Waals surface area contributed by atoms with Crippen molar-refractivity contribution in [3.8, 4) is 0 Å². The van der Waals surface area contributed by atoms with Crippen molar-refractivity contribution in [2.45, 2.75) is 103 Å². The fraction of sp³-hybridized carbons (Fsp3) is 0.561. The molecule has 2 aromatic rings. The number of amides is 1. The maximum absolute atomic E-state index is 13.0. The van der Waals surface area contributed by atoms with E-state index in [1.54, 1.807) is 21.6 Å². The molecule has 2 fully saturated rings. The standard InChI is InChI=1S/C41H52N2O5S2/c1-27-20-30(24-42-23-27)34-12-13-35-33-11-10-31-22-32(14-17-40(31,3)36(33)15-18-41(34,35)4)48-39(47)16-19-49-50-28(2)21-37(44)43(26-38(45)46)25-29-8-6-5-7-9-29/h5-10,12,20,23-24,28,32-33,35-36H,11,13-19,21-22,25-26H2,1-4H3,(H,45,46)/t28?,32-,33-,35-,36-,40-,41+/m0/s1. The molecule has 4 aliphatic carbocycles. The molecule has 0 bridgehead atoms. The second-order valence-corrected chi connectivity index (χ2v) is 18.4. The van der Waals surface area contributed by atoms with Crippen LogP contribution in [0.5, 0.6) is 0 Å². The third-order valence-electron chi connectivity index (χ3n) is 12.1. The van der Waals surface area contributed by atoms with Crippen LogP contribution in [0.4, 0.5) is 0 Å². The molecule has 0 saturated heterocycles. The van der Waals surface area contributed by atoms with Gasteiger partial charge in [0, 0.05) is 42.8 Å². The molecular formula is C41H52N2O5S2. The number of carboxylic acids is 1. The van der Waals surface area contributed by atoms with Crippen molar-refractivity contribution in [3.63, 3.8) is 0 Å². The molecule has 1 heterocycles. The Hall–Kier alpha value is -3.04. The molecule has 9 heteroatoms. The van der Waals surface area contributed by atoms with Crippen LogP contribution < -0.4 is 0 Å². The maximum Gasteiger partial charge on any atom is 0.323 e. The summed E-state index contributed by atoms with van der Waals surface area (Å²) >= 11 is 0. The van der Waals surface area contributed by atoms with E-state index in [4.69, 9.17) is 4.74 Å². The summed E-state index contributed by atoms with van der Waals surface area (Å²) in [5.41, 5.74) is 6.82. The Kier molecular flexibility index (Phi) is 11.5. The molecule has 50 heavy (non-hydrogen) atoms. The van der Waals surface area contributed by atoms with E-state index in [0.29, 0.717) is 29.9 Å². The third-order valence-corrected chi connectivity index (χ3v) is 15.0. The van der Waals surface area contributed by atoms with Crippen molar-refractivity contribution in [3.05, 3.63) is 83.2 Å². The van der Waals surface area contributed by atoms with Gasteiger partial charge in [0.2, 0.25) is 5.91 Å². The number of aromatic nitrogens is 1. The number of ether oxygens (including phenoxy) is 1. The predicted molar refractivity (Wildman–Crippen MR) is 202 cm³/mol. The van der Waals surface area contributed by atoms with Gasteiger partial charge in [-0.3, -0.25) is 19.4 Å². The lowest BCUT2D eigenvalue weighted by Gasteiger charge is -2.57. The first-order valence-electron chi connectivity index (χ1n) is 18.3. The van der Waals surface area contributed by atoms with Gasteiger partial charge in [-0.25, -0.2) is 0 Å². The minimum Gasteiger partial charge on any atom is -0.480 e. The average Bonchev–Trinajstić information content (AvgIpc) is 3.44. The van der Waals surface area contributed by atoms with Crippen molar-refractivity contribution < 1.29 is 24.2 Å². The number of esters is 1. The van der Waals surface area contributed by atoms with Crippen LogP contribution in [0.3, 0.4) is 0 Å². The zero-order valence-corrected chi connectivity index (χ0v) is 31.6. The summed E-state index contributed by atoms with van der Waals surface area (Å²) in [6.45, 7) is 9.04. The average molecular weight is 717 g/mol. The number of hydrogen-bond acceptors (Lipinski definition) is 7. The lowest BCUT2D eigenvalue weighted by Crippen LogP contribution is -2.50. The number of aryl methyl sites for hydroxylation is 1. The van der Waals surface area contributed by atoms with Crippen LogP contribution in [0.15, 0.2) is 66.5 Å². The number of benzene rings is 1. The molecule has 6 rings (SSSR count). The minimum absolute atomic E-state index is 0.0162. The van der Waals surface area contributed by atoms with E-state index in [0.717, 1.165) is 37.7 Å². The Morgan fingerprint density at radius 3 is 2.58 bits per heavy atom. The number of fused-ring (bicyclic) bond motifs is 5. The zero-order chi connectivity index (χ0) is 35.5. The molecule has 1 N–H and O–H groups in total. The van der Waals surface area contributed by atoms with Gasteiger partial charge in [-0.2, -0.15) is 0 Å². The molecule has 1 amide bonds. The van der Waals surface area contributed by atoms with E-state index in [1.165, 1.54) is 40.0 Å². The fourth-order valence-electron chi connectivity index (χ4n) is 9.59. The van der Waals surface area contributed by atoms with Crippen LogP contribution in [0, 0.1) is 35.5 Å². The van der Waals surface area contributed by atoms with Crippen LogP contribution in [0.1, 0.15) is 95.2 Å². The Bertz CT molecular complexity index is 1630. The minimum atomic E-state index is -1.02. The van der Waals surface area contributed by atoms with Crippen LogP contribution in [0.25, 0.3) is 5.57 Å². The number of nitrogens with zero attached hydrogens (tertiary/aromatic N) is 2. The number of aliphatic carboxylic acids is 1. The molecule has 0 spiro atoms. The van der Waals surface area contributed by atoms with Crippen molar-refractivity contribution in [1.82, 2.24) is 9.88 Å². The van der Waals surface area contributed by atoms with Gasteiger partial charge in [-0.1, -0.05) is 90.4 Å². The fourth-order valence-corrected chi connectivity index (χ4v) is 11.8. The van der Waals surface area contributed by atoms with Gasteiger partial charge in [0.15, 0.2) is 0 Å². The summed E-state index contributed by atoms with van der Waals surface area (Å²) in [5.74, 6) is 1.27. The molecule has 0 aliphatic heterocycles. The number of pyridine rings is 1. The van der Waals surface area contributed by atoms with Gasteiger partial charge in [0.1, 0.15) is 12.6 Å². The number of allylic oxidation sites excluding steroid dienone is 3. The van der Waals surface area contributed by atoms with E-state index >= 15 is 0 Å². The van der Waals surface area contributed by atoms with Crippen molar-refractivity contribution >= 4 is 45.0 Å². The van der Waals surface area contributed by atoms with E-state index in [9.17, 15) is 19.5 Å². The zero-order valence-electron chi connectivity index (χ0n) is 29.9. The molecule has 7 nitrogen and oxygen atoms in total. The third kappa shape index (κ3) is 8.04. The highest BCUT2D eigenvalue weighted by atomic mass is 33.1. The van der Waals surface area contributed by atoms with Gasteiger partial charge < -0.3 is 14.7 Å². The lowest BCUT2D eigenvalue weighted by molar-refractivity contribution is -0.150. The van der Waals surface area contributed by atoms with Crippen molar-refractivity contribution in [1.29, 1.82) is 0 Å². The predicted octanol–water partition coefficient (Wildman–Crippen LogP) is 8.92. The summed E-state index contributed by atoms with van der Waals surface area (Å²) in [6, 6.07) is 11.7. The molecule has 4 aliphatic rings. The quantitative estimate of drug-likeness (QED) is 0.0951. The monoisotopic (exact) mass is 716 g/mol. The Morgan fingerprint density at radius 2 is 1.82 bits per heavy atom. The summed E-state index contributed by atoms with van der Waals surface area (Å²) in [4.78, 5) is 43.2. The first kappa shape index (κ1) is 36.7. The van der Waals surface area contributed by atoms with Crippen LogP contribution in [-0.2, 0) is 25.7 Å². The van der Waals surface area contributed by atoms with E-state index in [-0.39, 0.29) is 53.6 Å². The largest absolute Gasteiger partial charge is 0.480 e. The van der Waals surface area contributed by atoms with Crippen molar-refractivity contribution in [2.24, 2.45) is 28.6 Å². The molecule has 7 atom stereocenters. The topological polar surface area (TPSA) is 96.8 Å².